The average Bonchev–Trinajstić information content (AvgIpc) is 2.75. The Balaban J connectivity index is 1.58. The van der Waals surface area contributed by atoms with Crippen molar-refractivity contribution in [1.29, 1.82) is 0 Å². The molecule has 3 aliphatic heterocycles. The van der Waals surface area contributed by atoms with Crippen molar-refractivity contribution in [2.45, 2.75) is 57.0 Å². The molecule has 3 aliphatic rings. The molecule has 5 nitrogen and oxygen atoms in total. The molecule has 28 heavy (non-hydrogen) atoms. The van der Waals surface area contributed by atoms with Crippen LogP contribution in [0, 0.1) is 11.8 Å². The summed E-state index contributed by atoms with van der Waals surface area (Å²) in [7, 11) is 1.69. The third kappa shape index (κ3) is 3.82. The highest BCUT2D eigenvalue weighted by atomic mass is 16.2. The Labute approximate surface area is 168 Å². The molecule has 0 radical (unpaired) electrons. The number of nitrogens with one attached hydrogen (secondary N) is 1. The molecule has 4 atom stereocenters. The van der Waals surface area contributed by atoms with E-state index >= 15 is 0 Å². The minimum atomic E-state index is 0.0950. The van der Waals surface area contributed by atoms with E-state index < -0.39 is 0 Å². The van der Waals surface area contributed by atoms with Gasteiger partial charge in [0.15, 0.2) is 0 Å². The molecule has 0 aliphatic carbocycles. The zero-order chi connectivity index (χ0) is 19.5. The second-order valence-corrected chi connectivity index (χ2v) is 8.69. The molecule has 2 amide bonds. The lowest BCUT2D eigenvalue weighted by Crippen LogP contribution is -2.65. The van der Waals surface area contributed by atoms with Gasteiger partial charge in [0.25, 0.3) is 5.91 Å². The van der Waals surface area contributed by atoms with Gasteiger partial charge in [0.05, 0.1) is 0 Å². The van der Waals surface area contributed by atoms with Gasteiger partial charge < -0.3 is 10.2 Å². The number of hydrogen-bond acceptors (Lipinski definition) is 3. The zero-order valence-corrected chi connectivity index (χ0v) is 17.0. The minimum Gasteiger partial charge on any atom is -0.359 e. The Morgan fingerprint density at radius 2 is 1.86 bits per heavy atom. The summed E-state index contributed by atoms with van der Waals surface area (Å²) in [6.45, 7) is 3.31. The Hall–Kier alpha value is -1.88. The van der Waals surface area contributed by atoms with E-state index in [1.165, 1.54) is 38.8 Å². The summed E-state index contributed by atoms with van der Waals surface area (Å²) >= 11 is 0. The van der Waals surface area contributed by atoms with Crippen LogP contribution in [-0.4, -0.2) is 60.4 Å². The van der Waals surface area contributed by atoms with Crippen LogP contribution in [0.1, 0.15) is 55.3 Å². The summed E-state index contributed by atoms with van der Waals surface area (Å²) < 4.78 is 0. The average molecular weight is 384 g/mol. The maximum absolute atomic E-state index is 13.4. The number of hydrogen-bond donors (Lipinski definition) is 1. The molecule has 152 valence electrons. The molecule has 1 aromatic carbocycles. The number of nitrogens with zero attached hydrogens (tertiary/aromatic N) is 2. The first kappa shape index (κ1) is 19.4. The SMILES string of the molecule is CNC(=O)CCC[C@@H]1[C@H]2CCCN3CCC[C@@H](CN1C(=O)c1ccccc1)[C@@H]23. The fourth-order valence-corrected chi connectivity index (χ4v) is 5.94. The van der Waals surface area contributed by atoms with Crippen LogP contribution in [-0.2, 0) is 4.79 Å². The van der Waals surface area contributed by atoms with Crippen LogP contribution in [0.5, 0.6) is 0 Å². The van der Waals surface area contributed by atoms with Crippen molar-refractivity contribution < 1.29 is 9.59 Å². The van der Waals surface area contributed by atoms with Gasteiger partial charge in [0.2, 0.25) is 5.91 Å². The number of amides is 2. The van der Waals surface area contributed by atoms with Crippen LogP contribution in [0.25, 0.3) is 0 Å². The molecule has 1 N–H and O–H groups in total. The van der Waals surface area contributed by atoms with Crippen molar-refractivity contribution in [3.8, 4) is 0 Å². The maximum Gasteiger partial charge on any atom is 0.254 e. The third-order valence-electron chi connectivity index (χ3n) is 7.14. The summed E-state index contributed by atoms with van der Waals surface area (Å²) in [5.41, 5.74) is 0.792. The van der Waals surface area contributed by atoms with Gasteiger partial charge in [-0.2, -0.15) is 0 Å². The summed E-state index contributed by atoms with van der Waals surface area (Å²) in [5.74, 6) is 1.41. The summed E-state index contributed by atoms with van der Waals surface area (Å²) in [4.78, 5) is 30.1. The highest BCUT2D eigenvalue weighted by Crippen LogP contribution is 2.43. The first-order valence-electron chi connectivity index (χ1n) is 11.0. The summed E-state index contributed by atoms with van der Waals surface area (Å²) in [6, 6.07) is 10.6. The van der Waals surface area contributed by atoms with E-state index in [-0.39, 0.29) is 17.9 Å². The first-order chi connectivity index (χ1) is 13.7. The number of likely N-dealkylation sites (tertiary alicyclic amines) is 1. The number of carbonyl (C=O) groups is 2. The Bertz CT molecular complexity index is 690. The molecule has 3 fully saturated rings. The van der Waals surface area contributed by atoms with Crippen molar-refractivity contribution in [2.24, 2.45) is 11.8 Å². The van der Waals surface area contributed by atoms with E-state index in [1.54, 1.807) is 7.05 Å². The molecule has 1 aromatic rings. The van der Waals surface area contributed by atoms with Crippen molar-refractivity contribution >= 4 is 11.8 Å². The maximum atomic E-state index is 13.4. The molecule has 0 saturated carbocycles. The van der Waals surface area contributed by atoms with Gasteiger partial charge >= 0.3 is 0 Å². The van der Waals surface area contributed by atoms with Crippen LogP contribution in [0.4, 0.5) is 0 Å². The largest absolute Gasteiger partial charge is 0.359 e. The standard InChI is InChI=1S/C23H33N3O2/c1-24-21(27)13-5-12-20-19-11-7-15-25-14-6-10-18(22(19)25)16-26(20)23(28)17-8-3-2-4-9-17/h2-4,8-9,18-20,22H,5-7,10-16H2,1H3,(H,24,27)/t18-,19+,20+,22-/m0/s1. The minimum absolute atomic E-state index is 0.0950. The number of carbonyl (C=O) groups excluding carboxylic acids is 2. The fourth-order valence-electron chi connectivity index (χ4n) is 5.94. The lowest BCUT2D eigenvalue weighted by Gasteiger charge is -2.57. The van der Waals surface area contributed by atoms with Crippen molar-refractivity contribution in [1.82, 2.24) is 15.1 Å². The lowest BCUT2D eigenvalue weighted by atomic mass is 9.69. The molecular formula is C23H33N3O2. The smallest absolute Gasteiger partial charge is 0.254 e. The van der Waals surface area contributed by atoms with Crippen LogP contribution in [0.3, 0.4) is 0 Å². The molecule has 4 rings (SSSR count). The number of benzene rings is 1. The van der Waals surface area contributed by atoms with E-state index in [4.69, 9.17) is 0 Å². The quantitative estimate of drug-likeness (QED) is 0.851. The van der Waals surface area contributed by atoms with Gasteiger partial charge in [-0.1, -0.05) is 18.2 Å². The van der Waals surface area contributed by atoms with Gasteiger partial charge in [-0.05, 0) is 75.6 Å². The summed E-state index contributed by atoms with van der Waals surface area (Å²) in [5, 5.41) is 2.72. The molecule has 0 unspecified atom stereocenters. The van der Waals surface area contributed by atoms with Gasteiger partial charge in [-0.25, -0.2) is 0 Å². The first-order valence-corrected chi connectivity index (χ1v) is 11.0. The molecule has 5 heteroatoms. The van der Waals surface area contributed by atoms with E-state index in [0.717, 1.165) is 24.9 Å². The Morgan fingerprint density at radius 3 is 2.61 bits per heavy atom. The third-order valence-corrected chi connectivity index (χ3v) is 7.14. The van der Waals surface area contributed by atoms with E-state index in [2.05, 4.69) is 15.1 Å². The van der Waals surface area contributed by atoms with Crippen LogP contribution in [0.15, 0.2) is 30.3 Å². The fraction of sp³-hybridized carbons (Fsp3) is 0.652. The monoisotopic (exact) mass is 383 g/mol. The van der Waals surface area contributed by atoms with Crippen LogP contribution < -0.4 is 5.32 Å². The second kappa shape index (κ2) is 8.64. The molecule has 0 bridgehead atoms. The van der Waals surface area contributed by atoms with E-state index in [0.29, 0.717) is 24.3 Å². The Kier molecular flexibility index (Phi) is 6.00. The van der Waals surface area contributed by atoms with Gasteiger partial charge in [0.1, 0.15) is 0 Å². The highest BCUT2D eigenvalue weighted by molar-refractivity contribution is 5.94. The number of rotatable bonds is 5. The molecular weight excluding hydrogens is 350 g/mol. The lowest BCUT2D eigenvalue weighted by molar-refractivity contribution is -0.120. The number of piperidine rings is 3. The van der Waals surface area contributed by atoms with E-state index in [9.17, 15) is 9.59 Å². The predicted molar refractivity (Wildman–Crippen MR) is 110 cm³/mol. The Morgan fingerprint density at radius 1 is 1.11 bits per heavy atom. The van der Waals surface area contributed by atoms with Crippen LogP contribution in [0.2, 0.25) is 0 Å². The van der Waals surface area contributed by atoms with Crippen molar-refractivity contribution in [2.75, 3.05) is 26.7 Å². The van der Waals surface area contributed by atoms with Crippen molar-refractivity contribution in [3.05, 3.63) is 35.9 Å². The molecule has 0 spiro atoms. The topological polar surface area (TPSA) is 52.7 Å². The molecule has 3 saturated heterocycles. The highest BCUT2D eigenvalue weighted by Gasteiger charge is 2.49. The summed E-state index contributed by atoms with van der Waals surface area (Å²) in [6.07, 6.45) is 7.24. The predicted octanol–water partition coefficient (Wildman–Crippen LogP) is 2.92. The normalized spacial score (nSPS) is 29.8. The van der Waals surface area contributed by atoms with Crippen LogP contribution >= 0.6 is 0 Å². The van der Waals surface area contributed by atoms with Gasteiger partial charge in [0, 0.05) is 37.7 Å². The van der Waals surface area contributed by atoms with Gasteiger partial charge in [-0.3, -0.25) is 14.5 Å². The van der Waals surface area contributed by atoms with Gasteiger partial charge in [-0.15, -0.1) is 0 Å². The second-order valence-electron chi connectivity index (χ2n) is 8.69. The molecule has 3 heterocycles. The van der Waals surface area contributed by atoms with E-state index in [1.807, 2.05) is 30.3 Å². The van der Waals surface area contributed by atoms with Crippen molar-refractivity contribution in [3.63, 3.8) is 0 Å². The zero-order valence-electron chi connectivity index (χ0n) is 17.0. The molecule has 0 aromatic heterocycles.